The maximum Gasteiger partial charge on any atom is 0.130 e. The van der Waals surface area contributed by atoms with Crippen molar-refractivity contribution in [1.82, 2.24) is 9.97 Å². The Bertz CT molecular complexity index is 546. The summed E-state index contributed by atoms with van der Waals surface area (Å²) >= 11 is 5.06. The second-order valence-electron chi connectivity index (χ2n) is 3.97. The molecule has 0 unspecified atom stereocenters. The molecule has 1 aromatic heterocycles. The van der Waals surface area contributed by atoms with Gasteiger partial charge in [0.2, 0.25) is 0 Å². The first-order valence-corrected chi connectivity index (χ1v) is 7.67. The topological polar surface area (TPSA) is 35.0 Å². The summed E-state index contributed by atoms with van der Waals surface area (Å²) in [4.78, 5) is 10.0. The largest absolute Gasteiger partial charge is 0.497 e. The summed E-state index contributed by atoms with van der Waals surface area (Å²) in [6.45, 7) is 2.13. The van der Waals surface area contributed by atoms with Gasteiger partial charge in [0.05, 0.1) is 7.11 Å². The van der Waals surface area contributed by atoms with E-state index in [0.29, 0.717) is 0 Å². The third-order valence-corrected chi connectivity index (χ3v) is 3.81. The highest BCUT2D eigenvalue weighted by Gasteiger charge is 2.05. The Kier molecular flexibility index (Phi) is 5.22. The van der Waals surface area contributed by atoms with Crippen LogP contribution in [0.3, 0.4) is 0 Å². The number of ether oxygens (including phenoxy) is 1. The molecule has 19 heavy (non-hydrogen) atoms. The van der Waals surface area contributed by atoms with Crippen LogP contribution < -0.4 is 4.74 Å². The molecule has 100 valence electrons. The second-order valence-corrected chi connectivity index (χ2v) is 5.88. The lowest BCUT2D eigenvalue weighted by atomic mass is 10.3. The monoisotopic (exact) mass is 338 g/mol. The molecule has 2 rings (SSSR count). The highest BCUT2D eigenvalue weighted by atomic mass is 79.9. The third kappa shape index (κ3) is 4.21. The van der Waals surface area contributed by atoms with Crippen molar-refractivity contribution < 1.29 is 4.74 Å². The van der Waals surface area contributed by atoms with Crippen molar-refractivity contribution in [3.05, 3.63) is 40.8 Å². The van der Waals surface area contributed by atoms with Gasteiger partial charge in [-0.15, -0.1) is 0 Å². The number of hydrogen-bond donors (Lipinski definition) is 0. The summed E-state index contributed by atoms with van der Waals surface area (Å²) in [5.74, 6) is 1.74. The SMILES string of the molecule is CCCc1nc(Br)cc(Sc2ccc(OC)cc2)n1. The van der Waals surface area contributed by atoms with Gasteiger partial charge in [0, 0.05) is 17.4 Å². The van der Waals surface area contributed by atoms with Gasteiger partial charge in [-0.1, -0.05) is 18.7 Å². The molecular weight excluding hydrogens is 324 g/mol. The second kappa shape index (κ2) is 6.91. The molecule has 0 aliphatic rings. The highest BCUT2D eigenvalue weighted by molar-refractivity contribution is 9.10. The van der Waals surface area contributed by atoms with E-state index in [4.69, 9.17) is 4.74 Å². The van der Waals surface area contributed by atoms with Crippen molar-refractivity contribution in [3.63, 3.8) is 0 Å². The molecule has 0 radical (unpaired) electrons. The molecule has 0 N–H and O–H groups in total. The van der Waals surface area contributed by atoms with E-state index < -0.39 is 0 Å². The van der Waals surface area contributed by atoms with Crippen molar-refractivity contribution in [2.75, 3.05) is 7.11 Å². The molecule has 0 atom stereocenters. The van der Waals surface area contributed by atoms with Crippen molar-refractivity contribution >= 4 is 27.7 Å². The van der Waals surface area contributed by atoms with Crippen LogP contribution in [0.5, 0.6) is 5.75 Å². The fourth-order valence-electron chi connectivity index (χ4n) is 1.59. The van der Waals surface area contributed by atoms with E-state index in [0.717, 1.165) is 38.9 Å². The predicted molar refractivity (Wildman–Crippen MR) is 80.8 cm³/mol. The van der Waals surface area contributed by atoms with E-state index in [1.54, 1.807) is 18.9 Å². The fraction of sp³-hybridized carbons (Fsp3) is 0.286. The van der Waals surface area contributed by atoms with E-state index in [-0.39, 0.29) is 0 Å². The molecule has 2 aromatic rings. The number of nitrogens with zero attached hydrogens (tertiary/aromatic N) is 2. The van der Waals surface area contributed by atoms with Crippen LogP contribution >= 0.6 is 27.7 Å². The zero-order valence-corrected chi connectivity index (χ0v) is 13.3. The molecule has 3 nitrogen and oxygen atoms in total. The van der Waals surface area contributed by atoms with Gasteiger partial charge in [-0.2, -0.15) is 0 Å². The summed E-state index contributed by atoms with van der Waals surface area (Å²) in [6, 6.07) is 9.89. The first kappa shape index (κ1) is 14.3. The van der Waals surface area contributed by atoms with Crippen LogP contribution in [0, 0.1) is 0 Å². The van der Waals surface area contributed by atoms with E-state index in [1.165, 1.54) is 0 Å². The van der Waals surface area contributed by atoms with E-state index in [1.807, 2.05) is 30.3 Å². The molecule has 0 bridgehead atoms. The van der Waals surface area contributed by atoms with Gasteiger partial charge >= 0.3 is 0 Å². The molecule has 1 aromatic carbocycles. The minimum Gasteiger partial charge on any atom is -0.497 e. The molecule has 0 fully saturated rings. The number of hydrogen-bond acceptors (Lipinski definition) is 4. The van der Waals surface area contributed by atoms with Gasteiger partial charge in [-0.25, -0.2) is 9.97 Å². The molecule has 0 aliphatic heterocycles. The number of halogens is 1. The molecule has 0 amide bonds. The molecule has 0 spiro atoms. The van der Waals surface area contributed by atoms with Crippen LogP contribution in [0.15, 0.2) is 44.9 Å². The molecular formula is C14H15BrN2OS. The maximum absolute atomic E-state index is 5.15. The van der Waals surface area contributed by atoms with E-state index >= 15 is 0 Å². The molecule has 0 saturated heterocycles. The Morgan fingerprint density at radius 3 is 2.58 bits per heavy atom. The minimum absolute atomic E-state index is 0.835. The van der Waals surface area contributed by atoms with Gasteiger partial charge in [0.15, 0.2) is 0 Å². The van der Waals surface area contributed by atoms with Crippen LogP contribution in [-0.4, -0.2) is 17.1 Å². The first-order valence-electron chi connectivity index (χ1n) is 6.06. The number of methoxy groups -OCH3 is 1. The van der Waals surface area contributed by atoms with Gasteiger partial charge in [0.1, 0.15) is 21.2 Å². The van der Waals surface area contributed by atoms with Gasteiger partial charge in [0.25, 0.3) is 0 Å². The average Bonchev–Trinajstić information content (AvgIpc) is 2.39. The summed E-state index contributed by atoms with van der Waals surface area (Å²) in [5.41, 5.74) is 0. The molecule has 1 heterocycles. The smallest absolute Gasteiger partial charge is 0.130 e. The first-order chi connectivity index (χ1) is 9.21. The van der Waals surface area contributed by atoms with Crippen LogP contribution in [0.25, 0.3) is 0 Å². The Morgan fingerprint density at radius 1 is 1.21 bits per heavy atom. The molecule has 5 heteroatoms. The van der Waals surface area contributed by atoms with E-state index in [9.17, 15) is 0 Å². The van der Waals surface area contributed by atoms with Gasteiger partial charge in [-0.05, 0) is 46.6 Å². The lowest BCUT2D eigenvalue weighted by molar-refractivity contribution is 0.414. The maximum atomic E-state index is 5.15. The summed E-state index contributed by atoms with van der Waals surface area (Å²) < 4.78 is 5.98. The Hall–Kier alpha value is -1.07. The lowest BCUT2D eigenvalue weighted by Gasteiger charge is -2.05. The Balaban J connectivity index is 2.17. The minimum atomic E-state index is 0.835. The fourth-order valence-corrected chi connectivity index (χ4v) is 3.00. The van der Waals surface area contributed by atoms with Crippen molar-refractivity contribution in [3.8, 4) is 5.75 Å². The van der Waals surface area contributed by atoms with Crippen molar-refractivity contribution in [2.45, 2.75) is 29.7 Å². The number of rotatable bonds is 5. The Labute approximate surface area is 125 Å². The number of aromatic nitrogens is 2. The van der Waals surface area contributed by atoms with Crippen LogP contribution in [-0.2, 0) is 6.42 Å². The average molecular weight is 339 g/mol. The summed E-state index contributed by atoms with van der Waals surface area (Å²) in [5, 5.41) is 0.954. The lowest BCUT2D eigenvalue weighted by Crippen LogP contribution is -1.96. The summed E-state index contributed by atoms with van der Waals surface area (Å²) in [7, 11) is 1.67. The van der Waals surface area contributed by atoms with E-state index in [2.05, 4.69) is 32.8 Å². The highest BCUT2D eigenvalue weighted by Crippen LogP contribution is 2.29. The third-order valence-electron chi connectivity index (χ3n) is 2.47. The van der Waals surface area contributed by atoms with Gasteiger partial charge < -0.3 is 4.74 Å². The number of aryl methyl sites for hydroxylation is 1. The van der Waals surface area contributed by atoms with Crippen molar-refractivity contribution in [1.29, 1.82) is 0 Å². The zero-order chi connectivity index (χ0) is 13.7. The summed E-state index contributed by atoms with van der Waals surface area (Å²) in [6.07, 6.45) is 1.94. The zero-order valence-electron chi connectivity index (χ0n) is 10.9. The predicted octanol–water partition coefficient (Wildman–Crippen LogP) is 4.35. The molecule has 0 aliphatic carbocycles. The Morgan fingerprint density at radius 2 is 1.95 bits per heavy atom. The van der Waals surface area contributed by atoms with Crippen LogP contribution in [0.2, 0.25) is 0 Å². The quantitative estimate of drug-likeness (QED) is 0.759. The number of benzene rings is 1. The normalized spacial score (nSPS) is 10.5. The standard InChI is InChI=1S/C14H15BrN2OS/c1-3-4-13-16-12(15)9-14(17-13)19-11-7-5-10(18-2)6-8-11/h5-9H,3-4H2,1-2H3. The van der Waals surface area contributed by atoms with Gasteiger partial charge in [-0.3, -0.25) is 0 Å². The van der Waals surface area contributed by atoms with Crippen LogP contribution in [0.1, 0.15) is 19.2 Å². The van der Waals surface area contributed by atoms with Crippen LogP contribution in [0.4, 0.5) is 0 Å². The molecule has 0 saturated carbocycles. The van der Waals surface area contributed by atoms with Crippen molar-refractivity contribution in [2.24, 2.45) is 0 Å².